The van der Waals surface area contributed by atoms with Gasteiger partial charge in [0.05, 0.1) is 53.3 Å². The highest BCUT2D eigenvalue weighted by Gasteiger charge is 2.48. The maximum atomic E-state index is 12.4. The van der Waals surface area contributed by atoms with E-state index >= 15 is 0 Å². The lowest BCUT2D eigenvalue weighted by atomic mass is 9.78. The molecule has 3 fully saturated rings. The van der Waals surface area contributed by atoms with E-state index in [0.29, 0.717) is 25.4 Å². The lowest BCUT2D eigenvalue weighted by Gasteiger charge is -2.24. The van der Waals surface area contributed by atoms with Crippen molar-refractivity contribution in [2.24, 2.45) is 0 Å². The van der Waals surface area contributed by atoms with Crippen molar-refractivity contribution in [3.05, 3.63) is 33.4 Å². The molecular weight excluding hydrogens is 396 g/mol. The third-order valence-corrected chi connectivity index (χ3v) is 6.03. The Morgan fingerprint density at radius 1 is 0.633 bits per heavy atom. The van der Waals surface area contributed by atoms with Crippen molar-refractivity contribution < 1.29 is 43.9 Å². The highest BCUT2D eigenvalue weighted by Crippen LogP contribution is 2.42. The topological polar surface area (TPSA) is 149 Å². The molecule has 3 aliphatic heterocycles. The summed E-state index contributed by atoms with van der Waals surface area (Å²) in [6.45, 7) is 6.48. The Hall–Kier alpha value is -2.49. The molecule has 1 aromatic carbocycles. The van der Waals surface area contributed by atoms with Crippen molar-refractivity contribution in [3.8, 4) is 0 Å². The summed E-state index contributed by atoms with van der Waals surface area (Å²) in [4.78, 5) is 36.9. The number of rotatable bonds is 9. The quantitative estimate of drug-likeness (QED) is 0.508. The Balaban J connectivity index is 2.05. The number of carboxylic acids is 3. The average molecular weight is 420 g/mol. The van der Waals surface area contributed by atoms with Gasteiger partial charge in [-0.3, -0.25) is 0 Å². The maximum Gasteiger partial charge on any atom is 0.336 e. The van der Waals surface area contributed by atoms with Crippen LogP contribution in [0.5, 0.6) is 0 Å². The number of epoxide rings is 3. The van der Waals surface area contributed by atoms with E-state index in [1.165, 1.54) is 0 Å². The maximum absolute atomic E-state index is 12.4. The van der Waals surface area contributed by atoms with E-state index in [0.717, 1.165) is 0 Å². The van der Waals surface area contributed by atoms with Crippen LogP contribution in [0.25, 0.3) is 0 Å². The fourth-order valence-corrected chi connectivity index (χ4v) is 4.01. The van der Waals surface area contributed by atoms with Crippen LogP contribution in [0.2, 0.25) is 0 Å². The minimum Gasteiger partial charge on any atom is -0.478 e. The molecule has 0 spiro atoms. The largest absolute Gasteiger partial charge is 0.478 e. The van der Waals surface area contributed by atoms with Crippen molar-refractivity contribution in [2.75, 3.05) is 19.8 Å². The molecule has 3 saturated heterocycles. The molecule has 1 aromatic rings. The van der Waals surface area contributed by atoms with E-state index in [2.05, 4.69) is 0 Å². The molecule has 0 bridgehead atoms. The van der Waals surface area contributed by atoms with E-state index in [-0.39, 0.29) is 41.5 Å². The summed E-state index contributed by atoms with van der Waals surface area (Å²) in [5.74, 6) is -4.18. The standard InChI is InChI=1S/C21H24O9/c1-19(7-28-19)4-10-11(5-20(2)8-29-20)14(17(24)25)15(18(26)27)12(13(10)16(22)23)6-21(3)9-30-21/h4-9H2,1-3H3,(H,22,23)(H,24,25)(H,26,27). The molecule has 3 unspecified atom stereocenters. The van der Waals surface area contributed by atoms with E-state index in [4.69, 9.17) is 14.2 Å². The van der Waals surface area contributed by atoms with Gasteiger partial charge in [0.25, 0.3) is 0 Å². The third-order valence-electron chi connectivity index (χ3n) is 6.03. The zero-order valence-corrected chi connectivity index (χ0v) is 17.0. The molecule has 3 atom stereocenters. The Kier molecular flexibility index (Phi) is 4.50. The highest BCUT2D eigenvalue weighted by atomic mass is 16.6. The van der Waals surface area contributed by atoms with Crippen LogP contribution in [0.1, 0.15) is 68.5 Å². The molecule has 9 heteroatoms. The van der Waals surface area contributed by atoms with Crippen molar-refractivity contribution >= 4 is 17.9 Å². The fourth-order valence-electron chi connectivity index (χ4n) is 4.01. The third kappa shape index (κ3) is 3.80. The number of aromatic carboxylic acids is 3. The Morgan fingerprint density at radius 3 is 1.20 bits per heavy atom. The van der Waals surface area contributed by atoms with Crippen molar-refractivity contribution in [2.45, 2.75) is 56.8 Å². The van der Waals surface area contributed by atoms with Crippen LogP contribution in [0.3, 0.4) is 0 Å². The van der Waals surface area contributed by atoms with Crippen LogP contribution in [-0.4, -0.2) is 69.9 Å². The van der Waals surface area contributed by atoms with Gasteiger partial charge in [0.2, 0.25) is 0 Å². The number of hydrogen-bond donors (Lipinski definition) is 3. The molecule has 0 aromatic heterocycles. The Labute approximate surface area is 172 Å². The summed E-state index contributed by atoms with van der Waals surface area (Å²) in [6.07, 6.45) is 0.272. The molecule has 3 N–H and O–H groups in total. The summed E-state index contributed by atoms with van der Waals surface area (Å²) < 4.78 is 16.2. The normalized spacial score (nSPS) is 31.3. The van der Waals surface area contributed by atoms with Crippen molar-refractivity contribution in [1.29, 1.82) is 0 Å². The average Bonchev–Trinajstić information content (AvgIpc) is 3.55. The zero-order valence-electron chi connectivity index (χ0n) is 17.0. The van der Waals surface area contributed by atoms with Crippen LogP contribution in [0.15, 0.2) is 0 Å². The SMILES string of the molecule is CC1(Cc2c(CC3(C)CO3)c(C(=O)O)c(C(=O)O)c(CC3(C)CO3)c2C(=O)O)CO1. The van der Waals surface area contributed by atoms with Gasteiger partial charge in [-0.2, -0.15) is 0 Å². The summed E-state index contributed by atoms with van der Waals surface area (Å²) in [6, 6.07) is 0. The summed E-state index contributed by atoms with van der Waals surface area (Å²) >= 11 is 0. The first-order valence-corrected chi connectivity index (χ1v) is 9.69. The highest BCUT2D eigenvalue weighted by molar-refractivity contribution is 6.07. The number of ether oxygens (including phenoxy) is 3. The number of carboxylic acid groups (broad SMARTS) is 3. The molecule has 0 amide bonds. The minimum atomic E-state index is -1.47. The van der Waals surface area contributed by atoms with Gasteiger partial charge >= 0.3 is 17.9 Å². The van der Waals surface area contributed by atoms with Crippen LogP contribution in [0, 0.1) is 0 Å². The molecule has 0 radical (unpaired) electrons. The van der Waals surface area contributed by atoms with Gasteiger partial charge in [-0.15, -0.1) is 0 Å². The molecule has 9 nitrogen and oxygen atoms in total. The van der Waals surface area contributed by atoms with Crippen molar-refractivity contribution in [1.82, 2.24) is 0 Å². The molecule has 162 valence electrons. The number of benzene rings is 1. The van der Waals surface area contributed by atoms with E-state index < -0.39 is 40.3 Å². The number of carbonyl (C=O) groups is 3. The van der Waals surface area contributed by atoms with Gasteiger partial charge < -0.3 is 29.5 Å². The second kappa shape index (κ2) is 6.50. The summed E-state index contributed by atoms with van der Waals surface area (Å²) in [7, 11) is 0. The second-order valence-electron chi connectivity index (χ2n) is 9.22. The molecule has 0 aliphatic carbocycles. The van der Waals surface area contributed by atoms with Crippen LogP contribution >= 0.6 is 0 Å². The first-order valence-electron chi connectivity index (χ1n) is 9.69. The molecular formula is C21H24O9. The van der Waals surface area contributed by atoms with Gasteiger partial charge in [0, 0.05) is 19.3 Å². The summed E-state index contributed by atoms with van der Waals surface area (Å²) in [5, 5.41) is 30.0. The molecule has 4 rings (SSSR count). The predicted molar refractivity (Wildman–Crippen MR) is 102 cm³/mol. The second-order valence-corrected chi connectivity index (χ2v) is 9.22. The first kappa shape index (κ1) is 20.8. The minimum absolute atomic E-state index is 0.00480. The lowest BCUT2D eigenvalue weighted by Crippen LogP contribution is -2.28. The molecule has 30 heavy (non-hydrogen) atoms. The van der Waals surface area contributed by atoms with Gasteiger partial charge in [0.15, 0.2) is 0 Å². The fraction of sp³-hybridized carbons (Fsp3) is 0.571. The molecule has 3 heterocycles. The predicted octanol–water partition coefficient (Wildman–Crippen LogP) is 1.78. The van der Waals surface area contributed by atoms with Crippen LogP contribution < -0.4 is 0 Å². The molecule has 3 aliphatic rings. The van der Waals surface area contributed by atoms with Gasteiger partial charge in [0.1, 0.15) is 0 Å². The first-order chi connectivity index (χ1) is 13.9. The van der Waals surface area contributed by atoms with E-state index in [1.807, 2.05) is 6.92 Å². The summed E-state index contributed by atoms with van der Waals surface area (Å²) in [5.41, 5.74) is -2.51. The zero-order chi connectivity index (χ0) is 22.1. The smallest absolute Gasteiger partial charge is 0.336 e. The van der Waals surface area contributed by atoms with Gasteiger partial charge in [-0.25, -0.2) is 14.4 Å². The molecule has 0 saturated carbocycles. The van der Waals surface area contributed by atoms with Gasteiger partial charge in [-0.1, -0.05) is 0 Å². The monoisotopic (exact) mass is 420 g/mol. The Morgan fingerprint density at radius 2 is 0.900 bits per heavy atom. The van der Waals surface area contributed by atoms with E-state index in [9.17, 15) is 29.7 Å². The van der Waals surface area contributed by atoms with Gasteiger partial charge in [-0.05, 0) is 37.5 Å². The van der Waals surface area contributed by atoms with E-state index in [1.54, 1.807) is 13.8 Å². The van der Waals surface area contributed by atoms with Crippen LogP contribution in [0.4, 0.5) is 0 Å². The van der Waals surface area contributed by atoms with Crippen molar-refractivity contribution in [3.63, 3.8) is 0 Å². The Bertz CT molecular complexity index is 965. The van der Waals surface area contributed by atoms with Crippen LogP contribution in [-0.2, 0) is 33.5 Å². The number of hydrogen-bond acceptors (Lipinski definition) is 6. The lowest BCUT2D eigenvalue weighted by molar-refractivity contribution is 0.0645.